The zero-order valence-corrected chi connectivity index (χ0v) is 12.9. The highest BCUT2D eigenvalue weighted by atomic mass is 16.5. The Morgan fingerprint density at radius 3 is 2.76 bits per heavy atom. The molecule has 1 saturated carbocycles. The highest BCUT2D eigenvalue weighted by Crippen LogP contribution is 2.18. The molecule has 0 bridgehead atoms. The number of anilines is 1. The van der Waals surface area contributed by atoms with E-state index in [0.29, 0.717) is 19.2 Å². The maximum atomic E-state index is 12.0. The molecule has 2 rings (SSSR count). The van der Waals surface area contributed by atoms with Crippen molar-refractivity contribution in [3.63, 3.8) is 0 Å². The normalized spacial score (nSPS) is 15.7. The van der Waals surface area contributed by atoms with E-state index in [1.165, 1.54) is 24.8 Å². The van der Waals surface area contributed by atoms with Crippen molar-refractivity contribution in [1.29, 1.82) is 0 Å². The molecule has 0 heterocycles. The van der Waals surface area contributed by atoms with Gasteiger partial charge >= 0.3 is 0 Å². The number of methoxy groups -OCH3 is 1. The first-order valence-electron chi connectivity index (χ1n) is 7.89. The molecule has 1 aromatic rings. The van der Waals surface area contributed by atoms with E-state index in [-0.39, 0.29) is 5.91 Å². The van der Waals surface area contributed by atoms with Gasteiger partial charge in [0.15, 0.2) is 0 Å². The van der Waals surface area contributed by atoms with Gasteiger partial charge in [-0.15, -0.1) is 0 Å². The summed E-state index contributed by atoms with van der Waals surface area (Å²) in [5.41, 5.74) is 2.21. The zero-order valence-electron chi connectivity index (χ0n) is 12.9. The van der Waals surface area contributed by atoms with Gasteiger partial charge in [-0.1, -0.05) is 37.5 Å². The Labute approximate surface area is 127 Å². The molecule has 0 aliphatic heterocycles. The summed E-state index contributed by atoms with van der Waals surface area (Å²) in [5.74, 6) is 0.0865. The lowest BCUT2D eigenvalue weighted by molar-refractivity contribution is -0.120. The molecule has 0 spiro atoms. The van der Waals surface area contributed by atoms with Crippen molar-refractivity contribution < 1.29 is 9.53 Å². The summed E-state index contributed by atoms with van der Waals surface area (Å²) in [4.78, 5) is 12.0. The number of ether oxygens (including phenoxy) is 1. The average Bonchev–Trinajstić information content (AvgIpc) is 2.52. The minimum absolute atomic E-state index is 0.0865. The Morgan fingerprint density at radius 1 is 1.24 bits per heavy atom. The van der Waals surface area contributed by atoms with Crippen molar-refractivity contribution in [1.82, 2.24) is 5.32 Å². The second-order valence-electron chi connectivity index (χ2n) is 5.66. The molecule has 21 heavy (non-hydrogen) atoms. The van der Waals surface area contributed by atoms with Crippen LogP contribution in [0.15, 0.2) is 24.3 Å². The molecular weight excluding hydrogens is 264 g/mol. The molecule has 116 valence electrons. The first-order valence-corrected chi connectivity index (χ1v) is 7.89. The Hall–Kier alpha value is -1.55. The van der Waals surface area contributed by atoms with Gasteiger partial charge in [-0.25, -0.2) is 0 Å². The summed E-state index contributed by atoms with van der Waals surface area (Å²) < 4.78 is 5.12. The monoisotopic (exact) mass is 290 g/mol. The molecule has 1 aromatic carbocycles. The Morgan fingerprint density at radius 2 is 2.00 bits per heavy atom. The highest BCUT2D eigenvalue weighted by molar-refractivity contribution is 5.81. The van der Waals surface area contributed by atoms with Gasteiger partial charge in [0.2, 0.25) is 5.91 Å². The van der Waals surface area contributed by atoms with Crippen molar-refractivity contribution in [3.8, 4) is 0 Å². The lowest BCUT2D eigenvalue weighted by atomic mass is 9.95. The quantitative estimate of drug-likeness (QED) is 0.812. The van der Waals surface area contributed by atoms with Crippen molar-refractivity contribution in [2.45, 2.75) is 44.6 Å². The van der Waals surface area contributed by atoms with E-state index in [4.69, 9.17) is 4.74 Å². The highest BCUT2D eigenvalue weighted by Gasteiger charge is 2.15. The molecule has 0 aromatic heterocycles. The van der Waals surface area contributed by atoms with Crippen molar-refractivity contribution in [2.24, 2.45) is 0 Å². The summed E-state index contributed by atoms with van der Waals surface area (Å²) >= 11 is 0. The topological polar surface area (TPSA) is 50.4 Å². The van der Waals surface area contributed by atoms with Gasteiger partial charge in [-0.05, 0) is 30.9 Å². The predicted octanol–water partition coefficient (Wildman–Crippen LogP) is 2.74. The SMILES string of the molecule is COCCc1ccccc1NCC(=O)NC1CCCCC1. The average molecular weight is 290 g/mol. The molecular formula is C17H26N2O2. The molecule has 2 N–H and O–H groups in total. The van der Waals surface area contributed by atoms with Gasteiger partial charge < -0.3 is 15.4 Å². The number of hydrogen-bond acceptors (Lipinski definition) is 3. The molecule has 4 nitrogen and oxygen atoms in total. The van der Waals surface area contributed by atoms with Gasteiger partial charge in [0.1, 0.15) is 0 Å². The van der Waals surface area contributed by atoms with Crippen molar-refractivity contribution in [2.75, 3.05) is 25.6 Å². The number of para-hydroxylation sites is 1. The fourth-order valence-electron chi connectivity index (χ4n) is 2.82. The molecule has 0 saturated heterocycles. The van der Waals surface area contributed by atoms with Gasteiger partial charge in [0, 0.05) is 18.8 Å². The van der Waals surface area contributed by atoms with Gasteiger partial charge in [-0.3, -0.25) is 4.79 Å². The summed E-state index contributed by atoms with van der Waals surface area (Å²) in [7, 11) is 1.70. The third-order valence-electron chi connectivity index (χ3n) is 4.00. The van der Waals surface area contributed by atoms with Crippen LogP contribution in [0.3, 0.4) is 0 Å². The summed E-state index contributed by atoms with van der Waals surface area (Å²) in [6.45, 7) is 1.02. The summed E-state index contributed by atoms with van der Waals surface area (Å²) in [6, 6.07) is 8.45. The van der Waals surface area contributed by atoms with Crippen molar-refractivity contribution in [3.05, 3.63) is 29.8 Å². The maximum Gasteiger partial charge on any atom is 0.239 e. The Kier molecular flexibility index (Phi) is 6.54. The molecule has 4 heteroatoms. The molecule has 1 fully saturated rings. The molecule has 0 atom stereocenters. The first-order chi connectivity index (χ1) is 10.3. The van der Waals surface area contributed by atoms with E-state index in [2.05, 4.69) is 16.7 Å². The van der Waals surface area contributed by atoms with Gasteiger partial charge in [-0.2, -0.15) is 0 Å². The molecule has 1 aliphatic rings. The third kappa shape index (κ3) is 5.38. The van der Waals surface area contributed by atoms with E-state index < -0.39 is 0 Å². The Balaban J connectivity index is 1.80. The second-order valence-corrected chi connectivity index (χ2v) is 5.66. The molecule has 1 amide bonds. The van der Waals surface area contributed by atoms with Crippen LogP contribution in [-0.4, -0.2) is 32.2 Å². The second kappa shape index (κ2) is 8.67. The minimum Gasteiger partial charge on any atom is -0.384 e. The number of rotatable bonds is 7. The summed E-state index contributed by atoms with van der Waals surface area (Å²) in [6.07, 6.45) is 6.87. The lowest BCUT2D eigenvalue weighted by Gasteiger charge is -2.23. The van der Waals surface area contributed by atoms with Crippen LogP contribution < -0.4 is 10.6 Å². The van der Waals surface area contributed by atoms with E-state index in [1.54, 1.807) is 7.11 Å². The minimum atomic E-state index is 0.0865. The largest absolute Gasteiger partial charge is 0.384 e. The first kappa shape index (κ1) is 15.8. The lowest BCUT2D eigenvalue weighted by Crippen LogP contribution is -2.39. The maximum absolute atomic E-state index is 12.0. The molecule has 1 aliphatic carbocycles. The number of benzene rings is 1. The van der Waals surface area contributed by atoms with E-state index in [0.717, 1.165) is 24.9 Å². The van der Waals surface area contributed by atoms with Gasteiger partial charge in [0.05, 0.1) is 13.2 Å². The van der Waals surface area contributed by atoms with Crippen LogP contribution in [-0.2, 0) is 16.0 Å². The Bertz CT molecular complexity index is 442. The fourth-order valence-corrected chi connectivity index (χ4v) is 2.82. The van der Waals surface area contributed by atoms with E-state index in [9.17, 15) is 4.79 Å². The van der Waals surface area contributed by atoms with Gasteiger partial charge in [0.25, 0.3) is 0 Å². The predicted molar refractivity (Wildman–Crippen MR) is 85.5 cm³/mol. The van der Waals surface area contributed by atoms with Crippen LogP contribution in [0.2, 0.25) is 0 Å². The zero-order chi connectivity index (χ0) is 14.9. The number of amides is 1. The fraction of sp³-hybridized carbons (Fsp3) is 0.588. The molecule has 0 unspecified atom stereocenters. The third-order valence-corrected chi connectivity index (χ3v) is 4.00. The standard InChI is InChI=1S/C17H26N2O2/c1-21-12-11-14-7-5-6-10-16(14)18-13-17(20)19-15-8-3-2-4-9-15/h5-7,10,15,18H,2-4,8-9,11-13H2,1H3,(H,19,20). The van der Waals surface area contributed by atoms with Crippen LogP contribution in [0, 0.1) is 0 Å². The van der Waals surface area contributed by atoms with Crippen LogP contribution in [0.1, 0.15) is 37.7 Å². The van der Waals surface area contributed by atoms with Crippen LogP contribution >= 0.6 is 0 Å². The van der Waals surface area contributed by atoms with Crippen LogP contribution in [0.25, 0.3) is 0 Å². The van der Waals surface area contributed by atoms with Crippen molar-refractivity contribution >= 4 is 11.6 Å². The van der Waals surface area contributed by atoms with Crippen LogP contribution in [0.4, 0.5) is 5.69 Å². The van der Waals surface area contributed by atoms with E-state index >= 15 is 0 Å². The number of hydrogen-bond donors (Lipinski definition) is 2. The number of nitrogens with one attached hydrogen (secondary N) is 2. The smallest absolute Gasteiger partial charge is 0.239 e. The molecule has 0 radical (unpaired) electrons. The summed E-state index contributed by atoms with van der Waals surface area (Å²) in [5, 5.41) is 6.37. The number of carbonyl (C=O) groups is 1. The van der Waals surface area contributed by atoms with E-state index in [1.807, 2.05) is 18.2 Å². The van der Waals surface area contributed by atoms with Crippen LogP contribution in [0.5, 0.6) is 0 Å². The number of carbonyl (C=O) groups excluding carboxylic acids is 1.